The molecule has 0 saturated carbocycles. The van der Waals surface area contributed by atoms with Gasteiger partial charge in [0, 0.05) is 12.6 Å². The van der Waals surface area contributed by atoms with E-state index in [1.807, 2.05) is 0 Å². The molecular weight excluding hydrogens is 222 g/mol. The Hall–Kier alpha value is -0.120. The first-order valence-corrected chi connectivity index (χ1v) is 7.74. The maximum atomic E-state index is 3.72. The smallest absolute Gasteiger partial charge is 0.0220 e. The highest BCUT2D eigenvalue weighted by Crippen LogP contribution is 2.12. The zero-order valence-corrected chi connectivity index (χ0v) is 12.9. The third kappa shape index (κ3) is 6.17. The van der Waals surface area contributed by atoms with E-state index in [0.29, 0.717) is 6.04 Å². The second-order valence-electron chi connectivity index (χ2n) is 6.11. The quantitative estimate of drug-likeness (QED) is 0.702. The molecule has 1 rings (SSSR count). The van der Waals surface area contributed by atoms with E-state index in [4.69, 9.17) is 0 Å². The van der Waals surface area contributed by atoms with Gasteiger partial charge in [-0.05, 0) is 65.5 Å². The van der Waals surface area contributed by atoms with Gasteiger partial charge in [0.2, 0.25) is 0 Å². The van der Waals surface area contributed by atoms with Crippen molar-refractivity contribution in [3.63, 3.8) is 0 Å². The number of hydrogen-bond acceptors (Lipinski definition) is 3. The summed E-state index contributed by atoms with van der Waals surface area (Å²) in [4.78, 5) is 4.96. The van der Waals surface area contributed by atoms with Crippen LogP contribution >= 0.6 is 0 Å². The van der Waals surface area contributed by atoms with Gasteiger partial charge in [0.25, 0.3) is 0 Å². The summed E-state index contributed by atoms with van der Waals surface area (Å²) in [6.45, 7) is 10.9. The molecule has 0 aromatic rings. The van der Waals surface area contributed by atoms with Gasteiger partial charge in [-0.3, -0.25) is 0 Å². The maximum Gasteiger partial charge on any atom is 0.0220 e. The fraction of sp³-hybridized carbons (Fsp3) is 1.00. The molecule has 1 aliphatic heterocycles. The molecule has 0 radical (unpaired) electrons. The Morgan fingerprint density at radius 2 is 2.11 bits per heavy atom. The molecule has 0 aromatic heterocycles. The fourth-order valence-corrected chi connectivity index (χ4v) is 2.66. The summed E-state index contributed by atoms with van der Waals surface area (Å²) in [5.41, 5.74) is 0. The van der Waals surface area contributed by atoms with Crippen LogP contribution in [-0.2, 0) is 0 Å². The van der Waals surface area contributed by atoms with Crippen LogP contribution in [0.4, 0.5) is 0 Å². The monoisotopic (exact) mass is 255 g/mol. The van der Waals surface area contributed by atoms with E-state index in [-0.39, 0.29) is 0 Å². The Bertz CT molecular complexity index is 206. The molecule has 18 heavy (non-hydrogen) atoms. The summed E-state index contributed by atoms with van der Waals surface area (Å²) in [6.07, 6.45) is 5.25. The minimum atomic E-state index is 0.700. The topological polar surface area (TPSA) is 18.5 Å². The number of nitrogens with one attached hydrogen (secondary N) is 1. The average Bonchev–Trinajstić information content (AvgIpc) is 2.59. The predicted octanol–water partition coefficient (Wildman–Crippen LogP) is 2.04. The van der Waals surface area contributed by atoms with Gasteiger partial charge in [0.1, 0.15) is 0 Å². The summed E-state index contributed by atoms with van der Waals surface area (Å²) in [5.74, 6) is 0.798. The van der Waals surface area contributed by atoms with Gasteiger partial charge in [-0.1, -0.05) is 20.3 Å². The van der Waals surface area contributed by atoms with Crippen LogP contribution in [0.3, 0.4) is 0 Å². The summed E-state index contributed by atoms with van der Waals surface area (Å²) in [6, 6.07) is 0.700. The second-order valence-corrected chi connectivity index (χ2v) is 6.11. The van der Waals surface area contributed by atoms with Gasteiger partial charge in [-0.15, -0.1) is 0 Å². The standard InChI is InChI=1S/C15H33N3/c1-5-14(2)15-13-18(12-8-9-16-15)11-7-6-10-17(3)4/h14-16H,5-13H2,1-4H3. The Kier molecular flexibility index (Phi) is 7.87. The predicted molar refractivity (Wildman–Crippen MR) is 80.1 cm³/mol. The summed E-state index contributed by atoms with van der Waals surface area (Å²) >= 11 is 0. The van der Waals surface area contributed by atoms with Crippen LogP contribution in [-0.4, -0.2) is 62.7 Å². The average molecular weight is 255 g/mol. The van der Waals surface area contributed by atoms with Crippen molar-refractivity contribution < 1.29 is 0 Å². The van der Waals surface area contributed by atoms with Crippen LogP contribution in [0, 0.1) is 5.92 Å². The molecule has 0 amide bonds. The van der Waals surface area contributed by atoms with Crippen molar-refractivity contribution in [3.8, 4) is 0 Å². The van der Waals surface area contributed by atoms with E-state index >= 15 is 0 Å². The molecule has 1 aliphatic rings. The van der Waals surface area contributed by atoms with Gasteiger partial charge in [-0.2, -0.15) is 0 Å². The number of unbranched alkanes of at least 4 members (excludes halogenated alkanes) is 1. The second kappa shape index (κ2) is 8.89. The third-order valence-electron chi connectivity index (χ3n) is 4.17. The van der Waals surface area contributed by atoms with Crippen molar-refractivity contribution >= 4 is 0 Å². The van der Waals surface area contributed by atoms with E-state index in [2.05, 4.69) is 43.1 Å². The lowest BCUT2D eigenvalue weighted by atomic mass is 9.99. The van der Waals surface area contributed by atoms with Crippen molar-refractivity contribution in [1.29, 1.82) is 0 Å². The Morgan fingerprint density at radius 1 is 1.33 bits per heavy atom. The van der Waals surface area contributed by atoms with Crippen LogP contribution < -0.4 is 5.32 Å². The summed E-state index contributed by atoms with van der Waals surface area (Å²) in [5, 5.41) is 3.72. The number of nitrogens with zero attached hydrogens (tertiary/aromatic N) is 2. The molecule has 1 fully saturated rings. The van der Waals surface area contributed by atoms with Gasteiger partial charge >= 0.3 is 0 Å². The molecule has 1 saturated heterocycles. The normalized spacial score (nSPS) is 24.2. The van der Waals surface area contributed by atoms with Crippen molar-refractivity contribution in [2.45, 2.75) is 45.6 Å². The molecule has 1 N–H and O–H groups in total. The van der Waals surface area contributed by atoms with Gasteiger partial charge in [0.15, 0.2) is 0 Å². The SMILES string of the molecule is CCC(C)C1CN(CCCCN(C)C)CCCN1. The van der Waals surface area contributed by atoms with E-state index in [9.17, 15) is 0 Å². The Morgan fingerprint density at radius 3 is 2.78 bits per heavy atom. The fourth-order valence-electron chi connectivity index (χ4n) is 2.66. The van der Waals surface area contributed by atoms with Gasteiger partial charge in [-0.25, -0.2) is 0 Å². The van der Waals surface area contributed by atoms with Crippen LogP contribution in [0.2, 0.25) is 0 Å². The van der Waals surface area contributed by atoms with E-state index < -0.39 is 0 Å². The molecule has 1 heterocycles. The molecule has 3 heteroatoms. The van der Waals surface area contributed by atoms with E-state index in [0.717, 1.165) is 5.92 Å². The van der Waals surface area contributed by atoms with Gasteiger partial charge in [0.05, 0.1) is 0 Å². The van der Waals surface area contributed by atoms with Crippen molar-refractivity contribution in [3.05, 3.63) is 0 Å². The maximum absolute atomic E-state index is 3.72. The molecule has 2 atom stereocenters. The largest absolute Gasteiger partial charge is 0.312 e. The van der Waals surface area contributed by atoms with Crippen LogP contribution in [0.5, 0.6) is 0 Å². The van der Waals surface area contributed by atoms with Crippen LogP contribution in [0.25, 0.3) is 0 Å². The zero-order chi connectivity index (χ0) is 13.4. The van der Waals surface area contributed by atoms with Crippen LogP contribution in [0.15, 0.2) is 0 Å². The first-order chi connectivity index (χ1) is 8.63. The zero-order valence-electron chi connectivity index (χ0n) is 12.9. The summed E-state index contributed by atoms with van der Waals surface area (Å²) < 4.78 is 0. The molecule has 0 aromatic carbocycles. The lowest BCUT2D eigenvalue weighted by Gasteiger charge is -2.28. The lowest BCUT2D eigenvalue weighted by Crippen LogP contribution is -2.42. The number of hydrogen-bond donors (Lipinski definition) is 1. The molecule has 0 aliphatic carbocycles. The molecule has 108 valence electrons. The first-order valence-electron chi connectivity index (χ1n) is 7.74. The van der Waals surface area contributed by atoms with Gasteiger partial charge < -0.3 is 15.1 Å². The van der Waals surface area contributed by atoms with E-state index in [1.54, 1.807) is 0 Å². The minimum absolute atomic E-state index is 0.700. The first kappa shape index (κ1) is 15.9. The highest BCUT2D eigenvalue weighted by atomic mass is 15.2. The Labute approximate surface area is 114 Å². The molecule has 0 bridgehead atoms. The van der Waals surface area contributed by atoms with Crippen molar-refractivity contribution in [2.24, 2.45) is 5.92 Å². The minimum Gasteiger partial charge on any atom is -0.312 e. The highest BCUT2D eigenvalue weighted by molar-refractivity contribution is 4.80. The molecule has 2 unspecified atom stereocenters. The van der Waals surface area contributed by atoms with Crippen molar-refractivity contribution in [1.82, 2.24) is 15.1 Å². The molecular formula is C15H33N3. The van der Waals surface area contributed by atoms with Crippen molar-refractivity contribution in [2.75, 3.05) is 46.8 Å². The Balaban J connectivity index is 2.26. The third-order valence-corrected chi connectivity index (χ3v) is 4.17. The number of rotatable bonds is 7. The van der Waals surface area contributed by atoms with E-state index in [1.165, 1.54) is 58.4 Å². The molecule has 0 spiro atoms. The van der Waals surface area contributed by atoms with Crippen LogP contribution in [0.1, 0.15) is 39.5 Å². The lowest BCUT2D eigenvalue weighted by molar-refractivity contribution is 0.231. The summed E-state index contributed by atoms with van der Waals surface area (Å²) in [7, 11) is 4.32. The highest BCUT2D eigenvalue weighted by Gasteiger charge is 2.21. The molecule has 3 nitrogen and oxygen atoms in total.